The predicted molar refractivity (Wildman–Crippen MR) is 165 cm³/mol. The van der Waals surface area contributed by atoms with Crippen molar-refractivity contribution in [2.24, 2.45) is 5.73 Å². The number of rotatable bonds is 12. The van der Waals surface area contributed by atoms with E-state index in [1.807, 2.05) is 31.2 Å². The zero-order valence-corrected chi connectivity index (χ0v) is 25.5. The summed E-state index contributed by atoms with van der Waals surface area (Å²) in [4.78, 5) is 28.7. The van der Waals surface area contributed by atoms with E-state index in [0.717, 1.165) is 63.2 Å². The average molecular weight is 630 g/mol. The first-order valence-corrected chi connectivity index (χ1v) is 16.2. The van der Waals surface area contributed by atoms with Crippen LogP contribution in [0.1, 0.15) is 48.5 Å². The van der Waals surface area contributed by atoms with E-state index >= 15 is 0 Å². The molecule has 1 aliphatic rings. The molecule has 0 aliphatic carbocycles. The van der Waals surface area contributed by atoms with Crippen LogP contribution in [0.2, 0.25) is 0 Å². The molecule has 3 aromatic carbocycles. The molecule has 0 aromatic heterocycles. The van der Waals surface area contributed by atoms with E-state index in [0.29, 0.717) is 29.8 Å². The maximum atomic E-state index is 14.4. The summed E-state index contributed by atoms with van der Waals surface area (Å²) >= 11 is 0. The normalized spacial score (nSPS) is 14.2. The molecule has 1 heterocycles. The van der Waals surface area contributed by atoms with Crippen molar-refractivity contribution < 1.29 is 31.5 Å². The van der Waals surface area contributed by atoms with Crippen LogP contribution in [-0.4, -0.2) is 62.1 Å². The third-order valence-electron chi connectivity index (χ3n) is 7.30. The molecule has 0 radical (unpaired) electrons. The Kier molecular flexibility index (Phi) is 10.8. The molecule has 1 saturated heterocycles. The van der Waals surface area contributed by atoms with Gasteiger partial charge in [0.1, 0.15) is 23.1 Å². The van der Waals surface area contributed by atoms with Gasteiger partial charge in [-0.1, -0.05) is 25.5 Å². The number of nitrogens with one attached hydrogen (secondary N) is 2. The number of nitrogens with zero attached hydrogens (tertiary/aromatic N) is 2. The van der Waals surface area contributed by atoms with Crippen LogP contribution in [0, 0.1) is 11.6 Å². The first-order valence-electron chi connectivity index (χ1n) is 14.4. The molecule has 0 atom stereocenters. The van der Waals surface area contributed by atoms with E-state index in [9.17, 15) is 26.8 Å². The number of ether oxygens (including phenoxy) is 1. The average Bonchev–Trinajstić information content (AvgIpc) is 2.96. The Morgan fingerprint density at radius 1 is 1.00 bits per heavy atom. The number of hydrogen-bond donors (Lipinski definition) is 3. The fourth-order valence-corrected chi connectivity index (χ4v) is 5.61. The van der Waals surface area contributed by atoms with Crippen molar-refractivity contribution in [2.75, 3.05) is 35.9 Å². The van der Waals surface area contributed by atoms with Crippen LogP contribution in [0.3, 0.4) is 0 Å². The number of unbranched alkanes of at least 4 members (excludes halogenated alkanes) is 1. The first kappa shape index (κ1) is 32.7. The third-order valence-corrected chi connectivity index (χ3v) is 7.90. The fourth-order valence-electron chi connectivity index (χ4n) is 5.05. The lowest BCUT2D eigenvalue weighted by Gasteiger charge is -2.38. The van der Waals surface area contributed by atoms with Gasteiger partial charge in [-0.3, -0.25) is 14.4 Å². The lowest BCUT2D eigenvalue weighted by molar-refractivity contribution is 0.0996. The van der Waals surface area contributed by atoms with Crippen molar-refractivity contribution in [3.05, 3.63) is 83.4 Å². The number of halogens is 2. The largest absolute Gasteiger partial charge is 0.457 e. The lowest BCUT2D eigenvalue weighted by Crippen LogP contribution is -2.49. The number of primary amides is 1. The van der Waals surface area contributed by atoms with Crippen molar-refractivity contribution in [1.29, 1.82) is 0 Å². The minimum atomic E-state index is -3.35. The Hall–Kier alpha value is -4.23. The molecule has 44 heavy (non-hydrogen) atoms. The number of benzene rings is 3. The Morgan fingerprint density at radius 2 is 1.61 bits per heavy atom. The number of urea groups is 1. The van der Waals surface area contributed by atoms with Gasteiger partial charge in [0.15, 0.2) is 0 Å². The van der Waals surface area contributed by atoms with Crippen LogP contribution in [0.15, 0.2) is 60.7 Å². The molecular weight excluding hydrogens is 592 g/mol. The Bertz CT molecular complexity index is 1560. The number of piperidine rings is 1. The summed E-state index contributed by atoms with van der Waals surface area (Å²) in [5.41, 5.74) is 5.94. The summed E-state index contributed by atoms with van der Waals surface area (Å²) in [6.45, 7) is 4.73. The van der Waals surface area contributed by atoms with Gasteiger partial charge in [0.05, 0.1) is 17.5 Å². The zero-order valence-electron chi connectivity index (χ0n) is 24.7. The first-order chi connectivity index (χ1) is 20.9. The van der Waals surface area contributed by atoms with Crippen molar-refractivity contribution in [3.63, 3.8) is 0 Å². The Labute approximate surface area is 256 Å². The summed E-state index contributed by atoms with van der Waals surface area (Å²) in [5.74, 6) is -1.89. The molecule has 1 aliphatic heterocycles. The summed E-state index contributed by atoms with van der Waals surface area (Å²) in [5, 5.41) is 2.51. The second-order valence-corrected chi connectivity index (χ2v) is 12.6. The Balaban J connectivity index is 1.31. The topological polar surface area (TPSA) is 134 Å². The van der Waals surface area contributed by atoms with E-state index in [4.69, 9.17) is 10.5 Å². The maximum Gasteiger partial charge on any atom is 0.322 e. The smallest absolute Gasteiger partial charge is 0.322 e. The summed E-state index contributed by atoms with van der Waals surface area (Å²) in [6.07, 6.45) is 4.17. The van der Waals surface area contributed by atoms with Gasteiger partial charge < -0.3 is 20.7 Å². The number of nitrogens with two attached hydrogens (primary N) is 1. The standard InChI is InChI=1S/C31H37F2N5O5S/c1-3-4-15-38(31(40)35-29-18-26(30(34)39)27(32)19-28(29)33)23-13-16-37(17-14-23)20-21-5-9-24(10-6-21)43-25-11-7-22(8-12-25)36-44(2,41)42/h5-12,18-19,23,36H,3-4,13-17,20H2,1-2H3,(H2,34,39)(H,35,40). The number of likely N-dealkylation sites (tertiary alicyclic amines) is 1. The SMILES string of the molecule is CCCCN(C(=O)Nc1cc(C(N)=O)c(F)cc1F)C1CCN(Cc2ccc(Oc3ccc(NS(C)(=O)=O)cc3)cc2)CC1. The highest BCUT2D eigenvalue weighted by Gasteiger charge is 2.28. The number of hydrogen-bond acceptors (Lipinski definition) is 6. The van der Waals surface area contributed by atoms with Crippen LogP contribution in [0.5, 0.6) is 11.5 Å². The second kappa shape index (κ2) is 14.5. The Morgan fingerprint density at radius 3 is 2.18 bits per heavy atom. The van der Waals surface area contributed by atoms with E-state index in [2.05, 4.69) is 14.9 Å². The van der Waals surface area contributed by atoms with Crippen LogP contribution >= 0.6 is 0 Å². The number of sulfonamides is 1. The summed E-state index contributed by atoms with van der Waals surface area (Å²) in [6, 6.07) is 15.2. The monoisotopic (exact) mass is 629 g/mol. The number of carbonyl (C=O) groups excluding carboxylic acids is 2. The van der Waals surface area contributed by atoms with Gasteiger partial charge in [-0.2, -0.15) is 0 Å². The quantitative estimate of drug-likeness (QED) is 0.241. The molecule has 4 rings (SSSR count). The highest BCUT2D eigenvalue weighted by atomic mass is 32.2. The second-order valence-electron chi connectivity index (χ2n) is 10.8. The minimum absolute atomic E-state index is 0.0632. The van der Waals surface area contributed by atoms with Crippen molar-refractivity contribution in [3.8, 4) is 11.5 Å². The number of carbonyl (C=O) groups is 2. The molecule has 13 heteroatoms. The van der Waals surface area contributed by atoms with Crippen molar-refractivity contribution in [2.45, 2.75) is 45.2 Å². The number of anilines is 2. The molecule has 1 fully saturated rings. The van der Waals surface area contributed by atoms with Crippen molar-refractivity contribution >= 4 is 33.3 Å². The van der Waals surface area contributed by atoms with Gasteiger partial charge in [0, 0.05) is 44.0 Å². The molecule has 0 spiro atoms. The van der Waals surface area contributed by atoms with Gasteiger partial charge in [0.2, 0.25) is 10.0 Å². The molecule has 0 saturated carbocycles. The van der Waals surface area contributed by atoms with Crippen LogP contribution < -0.4 is 20.5 Å². The van der Waals surface area contributed by atoms with Crippen LogP contribution in [-0.2, 0) is 16.6 Å². The predicted octanol–water partition coefficient (Wildman–Crippen LogP) is 5.53. The van der Waals surface area contributed by atoms with E-state index < -0.39 is 39.2 Å². The molecule has 3 amide bonds. The minimum Gasteiger partial charge on any atom is -0.457 e. The van der Waals surface area contributed by atoms with Gasteiger partial charge in [-0.05, 0) is 67.3 Å². The highest BCUT2D eigenvalue weighted by Crippen LogP contribution is 2.26. The van der Waals surface area contributed by atoms with Gasteiger partial charge in [-0.15, -0.1) is 0 Å². The van der Waals surface area contributed by atoms with E-state index in [-0.39, 0.29) is 11.7 Å². The molecule has 10 nitrogen and oxygen atoms in total. The van der Waals surface area contributed by atoms with Gasteiger partial charge in [0.25, 0.3) is 5.91 Å². The van der Waals surface area contributed by atoms with E-state index in [1.165, 1.54) is 0 Å². The molecule has 0 bridgehead atoms. The zero-order chi connectivity index (χ0) is 31.9. The van der Waals surface area contributed by atoms with Crippen LogP contribution in [0.25, 0.3) is 0 Å². The lowest BCUT2D eigenvalue weighted by atomic mass is 10.0. The highest BCUT2D eigenvalue weighted by molar-refractivity contribution is 7.92. The molecule has 236 valence electrons. The maximum absolute atomic E-state index is 14.4. The van der Waals surface area contributed by atoms with Crippen LogP contribution in [0.4, 0.5) is 25.0 Å². The van der Waals surface area contributed by atoms with E-state index in [1.54, 1.807) is 29.2 Å². The molecule has 4 N–H and O–H groups in total. The van der Waals surface area contributed by atoms with Gasteiger partial charge in [-0.25, -0.2) is 22.0 Å². The molecule has 3 aromatic rings. The number of amides is 3. The summed E-state index contributed by atoms with van der Waals surface area (Å²) in [7, 11) is -3.35. The third kappa shape index (κ3) is 9.13. The molecule has 0 unspecified atom stereocenters. The molecular formula is C31H37F2N5O5S. The summed E-state index contributed by atoms with van der Waals surface area (Å²) < 4.78 is 59.3. The van der Waals surface area contributed by atoms with Gasteiger partial charge >= 0.3 is 6.03 Å². The van der Waals surface area contributed by atoms with Crippen molar-refractivity contribution in [1.82, 2.24) is 9.80 Å². The fraction of sp³-hybridized carbons (Fsp3) is 0.355.